The van der Waals surface area contributed by atoms with Gasteiger partial charge in [-0.15, -0.1) is 0 Å². The summed E-state index contributed by atoms with van der Waals surface area (Å²) in [6.45, 7) is 3.62. The predicted molar refractivity (Wildman–Crippen MR) is 129 cm³/mol. The summed E-state index contributed by atoms with van der Waals surface area (Å²) in [6.07, 6.45) is -4.76. The number of anilines is 2. The summed E-state index contributed by atoms with van der Waals surface area (Å²) < 4.78 is 58.8. The van der Waals surface area contributed by atoms with Gasteiger partial charge in [0.15, 0.2) is 10.2 Å². The van der Waals surface area contributed by atoms with E-state index in [0.717, 1.165) is 18.2 Å². The molecule has 12 heteroatoms. The molecule has 0 spiro atoms. The van der Waals surface area contributed by atoms with Crippen LogP contribution in [0.4, 0.5) is 28.9 Å². The fraction of sp³-hybridized carbons (Fsp3) is 0.227. The van der Waals surface area contributed by atoms with E-state index in [1.165, 1.54) is 0 Å². The number of hydrogen-bond donors (Lipinski definition) is 4. The van der Waals surface area contributed by atoms with Gasteiger partial charge in [0.2, 0.25) is 0 Å². The van der Waals surface area contributed by atoms with E-state index in [1.54, 1.807) is 38.1 Å². The molecule has 3 rings (SSSR count). The van der Waals surface area contributed by atoms with Crippen LogP contribution in [0.15, 0.2) is 53.7 Å². The van der Waals surface area contributed by atoms with Crippen molar-refractivity contribution in [3.05, 3.63) is 70.7 Å². The second-order valence-electron chi connectivity index (χ2n) is 7.15. The fourth-order valence-corrected chi connectivity index (χ4v) is 3.84. The van der Waals surface area contributed by atoms with E-state index in [4.69, 9.17) is 29.2 Å². The molecule has 0 amide bonds. The molecule has 1 aliphatic rings. The Kier molecular flexibility index (Phi) is 7.72. The van der Waals surface area contributed by atoms with E-state index < -0.39 is 35.3 Å². The Balaban J connectivity index is 1.78. The maximum Gasteiger partial charge on any atom is 0.418 e. The minimum Gasteiger partial charge on any atom is -0.463 e. The highest BCUT2D eigenvalue weighted by atomic mass is 32.1. The van der Waals surface area contributed by atoms with Crippen LogP contribution in [0.5, 0.6) is 0 Å². The van der Waals surface area contributed by atoms with Crippen molar-refractivity contribution < 1.29 is 27.1 Å². The van der Waals surface area contributed by atoms with Gasteiger partial charge in [-0.25, -0.2) is 9.18 Å². The van der Waals surface area contributed by atoms with Crippen molar-refractivity contribution in [2.75, 3.05) is 17.2 Å². The number of alkyl halides is 3. The summed E-state index contributed by atoms with van der Waals surface area (Å²) in [5.41, 5.74) is 0.104. The first-order valence-corrected chi connectivity index (χ1v) is 10.8. The van der Waals surface area contributed by atoms with Crippen LogP contribution in [0.2, 0.25) is 0 Å². The molecule has 0 fully saturated rings. The normalized spacial score (nSPS) is 15.8. The lowest BCUT2D eigenvalue weighted by Crippen LogP contribution is -2.45. The largest absolute Gasteiger partial charge is 0.463 e. The van der Waals surface area contributed by atoms with Crippen molar-refractivity contribution in [2.45, 2.75) is 26.1 Å². The number of esters is 1. The molecule has 0 aliphatic carbocycles. The molecule has 1 unspecified atom stereocenters. The standard InChI is InChI=1S/C22H20F4N4O2S2/c1-3-32-19(31)16-11(2)27-20(33)29-17(16)12-7-9-13(10-8-12)28-21(34)30-18-14(22(24,25)26)5-4-6-15(18)23/h4-10,17H,3H2,1-2H3,(H2,27,29,33)(H2,28,30,34). The summed E-state index contributed by atoms with van der Waals surface area (Å²) in [5, 5.41) is 11.0. The number of benzene rings is 2. The smallest absolute Gasteiger partial charge is 0.418 e. The van der Waals surface area contributed by atoms with Gasteiger partial charge in [0.05, 0.1) is 29.5 Å². The maximum absolute atomic E-state index is 14.0. The molecule has 4 N–H and O–H groups in total. The van der Waals surface area contributed by atoms with Gasteiger partial charge in [0.1, 0.15) is 5.82 Å². The van der Waals surface area contributed by atoms with Crippen LogP contribution >= 0.6 is 24.4 Å². The van der Waals surface area contributed by atoms with Gasteiger partial charge in [-0.05, 0) is 68.1 Å². The number of thiocarbonyl (C=S) groups is 2. The third-order valence-electron chi connectivity index (χ3n) is 4.82. The number of carbonyl (C=O) groups excluding carboxylic acids is 1. The quantitative estimate of drug-likeness (QED) is 0.253. The summed E-state index contributed by atoms with van der Waals surface area (Å²) in [6, 6.07) is 8.67. The van der Waals surface area contributed by atoms with Crippen molar-refractivity contribution in [1.82, 2.24) is 10.6 Å². The molecule has 2 aromatic rings. The Bertz CT molecular complexity index is 1150. The van der Waals surface area contributed by atoms with Gasteiger partial charge in [-0.2, -0.15) is 13.2 Å². The molecular weight excluding hydrogens is 492 g/mol. The Morgan fingerprint density at radius 2 is 1.82 bits per heavy atom. The number of hydrogen-bond acceptors (Lipinski definition) is 4. The zero-order valence-corrected chi connectivity index (χ0v) is 19.6. The number of carbonyl (C=O) groups is 1. The Morgan fingerprint density at radius 3 is 2.44 bits per heavy atom. The van der Waals surface area contributed by atoms with Gasteiger partial charge in [0.25, 0.3) is 0 Å². The van der Waals surface area contributed by atoms with Gasteiger partial charge in [0, 0.05) is 11.4 Å². The zero-order chi connectivity index (χ0) is 25.0. The first kappa shape index (κ1) is 25.4. The molecule has 0 aromatic heterocycles. The average Bonchev–Trinajstić information content (AvgIpc) is 2.74. The van der Waals surface area contributed by atoms with Crippen molar-refractivity contribution in [1.29, 1.82) is 0 Å². The number of rotatable bonds is 5. The Morgan fingerprint density at radius 1 is 1.15 bits per heavy atom. The molecular formula is C22H20F4N4O2S2. The third-order valence-corrected chi connectivity index (χ3v) is 5.25. The lowest BCUT2D eigenvalue weighted by molar-refractivity contribution is -0.139. The highest BCUT2D eigenvalue weighted by Crippen LogP contribution is 2.36. The van der Waals surface area contributed by atoms with Crippen LogP contribution in [-0.4, -0.2) is 22.8 Å². The van der Waals surface area contributed by atoms with E-state index in [-0.39, 0.29) is 11.7 Å². The molecule has 0 saturated carbocycles. The topological polar surface area (TPSA) is 74.4 Å². The zero-order valence-electron chi connectivity index (χ0n) is 18.0. The summed E-state index contributed by atoms with van der Waals surface area (Å²) >= 11 is 10.3. The number of allylic oxidation sites excluding steroid dienone is 1. The predicted octanol–water partition coefficient (Wildman–Crippen LogP) is 5.01. The van der Waals surface area contributed by atoms with Crippen molar-refractivity contribution >= 4 is 52.0 Å². The minimum absolute atomic E-state index is 0.206. The highest BCUT2D eigenvalue weighted by molar-refractivity contribution is 7.80. The van der Waals surface area contributed by atoms with Crippen LogP contribution in [0.25, 0.3) is 0 Å². The molecule has 1 heterocycles. The number of ether oxygens (including phenoxy) is 1. The van der Waals surface area contributed by atoms with Crippen LogP contribution in [-0.2, 0) is 15.7 Å². The minimum atomic E-state index is -4.76. The SMILES string of the molecule is CCOC(=O)C1=C(C)NC(=S)NC1c1ccc(NC(=S)Nc2c(F)cccc2C(F)(F)F)cc1. The lowest BCUT2D eigenvalue weighted by Gasteiger charge is -2.30. The molecule has 6 nitrogen and oxygen atoms in total. The molecule has 0 saturated heterocycles. The first-order valence-electron chi connectivity index (χ1n) is 10.00. The summed E-state index contributed by atoms with van der Waals surface area (Å²) in [7, 11) is 0. The van der Waals surface area contributed by atoms with Gasteiger partial charge in [-0.3, -0.25) is 0 Å². The summed E-state index contributed by atoms with van der Waals surface area (Å²) in [4.78, 5) is 12.5. The third kappa shape index (κ3) is 5.81. The van der Waals surface area contributed by atoms with E-state index in [2.05, 4.69) is 21.3 Å². The first-order chi connectivity index (χ1) is 16.0. The number of para-hydroxylation sites is 1. The second kappa shape index (κ2) is 10.3. The molecule has 0 bridgehead atoms. The van der Waals surface area contributed by atoms with Gasteiger partial charge >= 0.3 is 12.1 Å². The summed E-state index contributed by atoms with van der Waals surface area (Å²) in [5.74, 6) is -1.58. The van der Waals surface area contributed by atoms with Crippen LogP contribution < -0.4 is 21.3 Å². The van der Waals surface area contributed by atoms with E-state index in [9.17, 15) is 22.4 Å². The second-order valence-corrected chi connectivity index (χ2v) is 7.97. The monoisotopic (exact) mass is 512 g/mol. The fourth-order valence-electron chi connectivity index (χ4n) is 3.35. The Hall–Kier alpha value is -3.25. The molecule has 1 atom stereocenters. The lowest BCUT2D eigenvalue weighted by atomic mass is 9.95. The van der Waals surface area contributed by atoms with E-state index in [1.807, 2.05) is 0 Å². The van der Waals surface area contributed by atoms with E-state index >= 15 is 0 Å². The molecule has 0 radical (unpaired) electrons. The van der Waals surface area contributed by atoms with Crippen molar-refractivity contribution in [3.63, 3.8) is 0 Å². The van der Waals surface area contributed by atoms with Gasteiger partial charge < -0.3 is 26.0 Å². The van der Waals surface area contributed by atoms with Crippen molar-refractivity contribution in [3.8, 4) is 0 Å². The maximum atomic E-state index is 14.0. The van der Waals surface area contributed by atoms with Crippen LogP contribution in [0.1, 0.15) is 31.0 Å². The number of nitrogens with one attached hydrogen (secondary N) is 4. The van der Waals surface area contributed by atoms with Gasteiger partial charge in [-0.1, -0.05) is 18.2 Å². The average molecular weight is 513 g/mol. The molecule has 1 aliphatic heterocycles. The highest BCUT2D eigenvalue weighted by Gasteiger charge is 2.35. The van der Waals surface area contributed by atoms with Crippen LogP contribution in [0.3, 0.4) is 0 Å². The number of halogens is 4. The Labute approximate surface area is 203 Å². The van der Waals surface area contributed by atoms with Crippen LogP contribution in [0, 0.1) is 5.82 Å². The molecule has 2 aromatic carbocycles. The molecule has 34 heavy (non-hydrogen) atoms. The van der Waals surface area contributed by atoms with E-state index in [0.29, 0.717) is 27.6 Å². The molecule has 180 valence electrons. The van der Waals surface area contributed by atoms with Crippen molar-refractivity contribution in [2.24, 2.45) is 0 Å².